The van der Waals surface area contributed by atoms with Crippen molar-refractivity contribution in [3.8, 4) is 0 Å². The van der Waals surface area contributed by atoms with E-state index >= 15 is 0 Å². The predicted molar refractivity (Wildman–Crippen MR) is 99.2 cm³/mol. The Morgan fingerprint density at radius 3 is 2.80 bits per heavy atom. The van der Waals surface area contributed by atoms with E-state index in [-0.39, 0.29) is 23.1 Å². The van der Waals surface area contributed by atoms with E-state index in [4.69, 9.17) is 4.74 Å². The van der Waals surface area contributed by atoms with Crippen molar-refractivity contribution >= 4 is 16.8 Å². The van der Waals surface area contributed by atoms with Gasteiger partial charge in [0, 0.05) is 20.2 Å². The second-order valence-electron chi connectivity index (χ2n) is 7.06. The molecule has 1 aromatic heterocycles. The highest BCUT2D eigenvalue weighted by atomic mass is 16.5. The van der Waals surface area contributed by atoms with Crippen LogP contribution in [0.1, 0.15) is 47.2 Å². The Hall–Kier alpha value is -2.14. The average Bonchev–Trinajstić information content (AvgIpc) is 2.60. The summed E-state index contributed by atoms with van der Waals surface area (Å²) >= 11 is 0. The number of carbonyl (C=O) groups is 1. The van der Waals surface area contributed by atoms with Gasteiger partial charge in [0.25, 0.3) is 11.5 Å². The smallest absolute Gasteiger partial charge is 0.261 e. The molecule has 1 N–H and O–H groups in total. The number of rotatable bonds is 4. The molecule has 2 heterocycles. The van der Waals surface area contributed by atoms with E-state index in [1.165, 1.54) is 6.42 Å². The number of benzene rings is 1. The molecule has 1 amide bonds. The Balaban J connectivity index is 1.78. The van der Waals surface area contributed by atoms with Crippen molar-refractivity contribution in [2.45, 2.75) is 45.6 Å². The van der Waals surface area contributed by atoms with Gasteiger partial charge in [-0.3, -0.25) is 9.59 Å². The highest BCUT2D eigenvalue weighted by molar-refractivity contribution is 5.97. The second-order valence-corrected chi connectivity index (χ2v) is 7.06. The van der Waals surface area contributed by atoms with Crippen molar-refractivity contribution in [1.29, 1.82) is 0 Å². The Morgan fingerprint density at radius 1 is 1.28 bits per heavy atom. The molecular formula is C20H26N2O3. The third kappa shape index (κ3) is 3.93. The normalized spacial score (nSPS) is 17.6. The van der Waals surface area contributed by atoms with E-state index in [1.807, 2.05) is 26.0 Å². The summed E-state index contributed by atoms with van der Waals surface area (Å²) in [7, 11) is 1.75. The molecule has 25 heavy (non-hydrogen) atoms. The minimum Gasteiger partial charge on any atom is -0.378 e. The molecule has 1 unspecified atom stereocenters. The average molecular weight is 342 g/mol. The molecule has 2 aromatic rings. The van der Waals surface area contributed by atoms with Crippen molar-refractivity contribution in [2.75, 3.05) is 20.2 Å². The summed E-state index contributed by atoms with van der Waals surface area (Å²) < 4.78 is 5.72. The number of ether oxygens (including phenoxy) is 1. The third-order valence-electron chi connectivity index (χ3n) is 4.93. The van der Waals surface area contributed by atoms with Crippen molar-refractivity contribution in [3.63, 3.8) is 0 Å². The maximum Gasteiger partial charge on any atom is 0.261 e. The lowest BCUT2D eigenvalue weighted by molar-refractivity contribution is 0.00708. The Bertz CT molecular complexity index is 835. The number of amides is 1. The Labute approximate surface area is 148 Å². The van der Waals surface area contributed by atoms with Crippen LogP contribution in [0.2, 0.25) is 0 Å². The topological polar surface area (TPSA) is 62.4 Å². The monoisotopic (exact) mass is 342 g/mol. The van der Waals surface area contributed by atoms with Crippen LogP contribution < -0.4 is 5.56 Å². The van der Waals surface area contributed by atoms with Crippen LogP contribution in [0.5, 0.6) is 0 Å². The molecule has 1 aliphatic rings. The van der Waals surface area contributed by atoms with E-state index in [1.54, 1.807) is 18.0 Å². The molecule has 5 nitrogen and oxygen atoms in total. The van der Waals surface area contributed by atoms with Crippen LogP contribution in [0.25, 0.3) is 10.9 Å². The van der Waals surface area contributed by atoms with E-state index < -0.39 is 0 Å². The Morgan fingerprint density at radius 2 is 2.08 bits per heavy atom. The van der Waals surface area contributed by atoms with Gasteiger partial charge in [-0.2, -0.15) is 0 Å². The van der Waals surface area contributed by atoms with Crippen LogP contribution in [-0.2, 0) is 4.74 Å². The van der Waals surface area contributed by atoms with E-state index in [0.717, 1.165) is 47.9 Å². The molecule has 0 radical (unpaired) electrons. The van der Waals surface area contributed by atoms with Gasteiger partial charge in [-0.15, -0.1) is 0 Å². The summed E-state index contributed by atoms with van der Waals surface area (Å²) in [6.45, 7) is 5.37. The Kier molecular flexibility index (Phi) is 5.23. The van der Waals surface area contributed by atoms with Gasteiger partial charge in [0.05, 0.1) is 11.6 Å². The number of hydrogen-bond donors (Lipinski definition) is 1. The number of pyridine rings is 1. The molecule has 0 spiro atoms. The summed E-state index contributed by atoms with van der Waals surface area (Å²) in [5, 5.41) is 0.893. The van der Waals surface area contributed by atoms with Gasteiger partial charge in [0.2, 0.25) is 0 Å². The molecule has 5 heteroatoms. The molecule has 0 saturated carbocycles. The van der Waals surface area contributed by atoms with Gasteiger partial charge in [-0.1, -0.05) is 11.6 Å². The summed E-state index contributed by atoms with van der Waals surface area (Å²) in [6.07, 6.45) is 4.40. The van der Waals surface area contributed by atoms with Crippen molar-refractivity contribution in [2.24, 2.45) is 0 Å². The molecule has 3 rings (SSSR count). The molecule has 1 atom stereocenters. The van der Waals surface area contributed by atoms with Crippen molar-refractivity contribution in [1.82, 2.24) is 9.88 Å². The number of H-pyrrole nitrogens is 1. The number of hydrogen-bond acceptors (Lipinski definition) is 3. The maximum absolute atomic E-state index is 12.7. The summed E-state index contributed by atoms with van der Waals surface area (Å²) in [6, 6.07) is 5.73. The van der Waals surface area contributed by atoms with Crippen LogP contribution >= 0.6 is 0 Å². The van der Waals surface area contributed by atoms with E-state index in [2.05, 4.69) is 4.98 Å². The number of nitrogens with zero attached hydrogens (tertiary/aromatic N) is 1. The fourth-order valence-electron chi connectivity index (χ4n) is 3.53. The molecule has 1 aromatic carbocycles. The van der Waals surface area contributed by atoms with Gasteiger partial charge < -0.3 is 14.6 Å². The standard InChI is InChI=1S/C20H26N2O3/c1-13-10-14(2)18-15(11-13)12-17(19(23)21-18)20(24)22(3)8-7-16-6-4-5-9-25-16/h10-12,16H,4-9H2,1-3H3,(H,21,23). The van der Waals surface area contributed by atoms with Gasteiger partial charge in [-0.25, -0.2) is 0 Å². The van der Waals surface area contributed by atoms with Crippen LogP contribution in [0, 0.1) is 13.8 Å². The molecule has 1 fully saturated rings. The molecular weight excluding hydrogens is 316 g/mol. The van der Waals surface area contributed by atoms with Crippen molar-refractivity contribution < 1.29 is 9.53 Å². The molecule has 0 bridgehead atoms. The molecule has 1 saturated heterocycles. The fourth-order valence-corrected chi connectivity index (χ4v) is 3.53. The zero-order valence-electron chi connectivity index (χ0n) is 15.2. The number of carbonyl (C=O) groups excluding carboxylic acids is 1. The third-order valence-corrected chi connectivity index (χ3v) is 4.93. The van der Waals surface area contributed by atoms with Crippen LogP contribution in [-0.4, -0.2) is 42.1 Å². The summed E-state index contributed by atoms with van der Waals surface area (Å²) in [5.41, 5.74) is 2.78. The highest BCUT2D eigenvalue weighted by Gasteiger charge is 2.19. The fraction of sp³-hybridized carbons (Fsp3) is 0.500. The molecule has 1 aliphatic heterocycles. The zero-order valence-corrected chi connectivity index (χ0v) is 15.2. The van der Waals surface area contributed by atoms with E-state index in [0.29, 0.717) is 6.54 Å². The maximum atomic E-state index is 12.7. The van der Waals surface area contributed by atoms with Crippen LogP contribution in [0.15, 0.2) is 23.0 Å². The molecule has 134 valence electrons. The first kappa shape index (κ1) is 17.7. The highest BCUT2D eigenvalue weighted by Crippen LogP contribution is 2.19. The largest absolute Gasteiger partial charge is 0.378 e. The summed E-state index contributed by atoms with van der Waals surface area (Å²) in [4.78, 5) is 29.6. The lowest BCUT2D eigenvalue weighted by atomic mass is 10.0. The number of fused-ring (bicyclic) bond motifs is 1. The van der Waals surface area contributed by atoms with E-state index in [9.17, 15) is 9.59 Å². The minimum absolute atomic E-state index is 0.199. The zero-order chi connectivity index (χ0) is 18.0. The quantitative estimate of drug-likeness (QED) is 0.928. The number of aromatic nitrogens is 1. The van der Waals surface area contributed by atoms with Crippen LogP contribution in [0.3, 0.4) is 0 Å². The van der Waals surface area contributed by atoms with Crippen LogP contribution in [0.4, 0.5) is 0 Å². The number of nitrogens with one attached hydrogen (secondary N) is 1. The lowest BCUT2D eigenvalue weighted by Gasteiger charge is -2.25. The SMILES string of the molecule is Cc1cc(C)c2[nH]c(=O)c(C(=O)N(C)CCC3CCCCO3)cc2c1. The number of aryl methyl sites for hydroxylation is 2. The first-order valence-electron chi connectivity index (χ1n) is 8.97. The first-order chi connectivity index (χ1) is 12.0. The van der Waals surface area contributed by atoms with Gasteiger partial charge >= 0.3 is 0 Å². The predicted octanol–water partition coefficient (Wildman–Crippen LogP) is 3.18. The second kappa shape index (κ2) is 7.40. The molecule has 0 aliphatic carbocycles. The summed E-state index contributed by atoms with van der Waals surface area (Å²) in [5.74, 6) is -0.238. The minimum atomic E-state index is -0.329. The van der Waals surface area contributed by atoms with Gasteiger partial charge in [0.15, 0.2) is 0 Å². The van der Waals surface area contributed by atoms with Crippen molar-refractivity contribution in [3.05, 3.63) is 45.2 Å². The van der Waals surface area contributed by atoms with Gasteiger partial charge in [0.1, 0.15) is 5.56 Å². The van der Waals surface area contributed by atoms with Gasteiger partial charge in [-0.05, 0) is 62.6 Å². The number of aromatic amines is 1. The first-order valence-corrected chi connectivity index (χ1v) is 8.97. The lowest BCUT2D eigenvalue weighted by Crippen LogP contribution is -2.34.